The number of hydrogen-bond acceptors (Lipinski definition) is 3. The largest absolute Gasteiger partial charge is 0.508 e. The van der Waals surface area contributed by atoms with Crippen LogP contribution in [0.15, 0.2) is 82.2 Å². The molecule has 0 heterocycles. The summed E-state index contributed by atoms with van der Waals surface area (Å²) in [4.78, 5) is 13.6. The van der Waals surface area contributed by atoms with Crippen molar-refractivity contribution in [2.45, 2.75) is 5.75 Å². The van der Waals surface area contributed by atoms with E-state index >= 15 is 0 Å². The number of hydrogen-bond donors (Lipinski definition) is 1. The normalized spacial score (nSPS) is 11.4. The highest BCUT2D eigenvalue weighted by molar-refractivity contribution is 9.10. The lowest BCUT2D eigenvalue weighted by atomic mass is 10.1. The molecule has 0 aliphatic heterocycles. The first-order valence-electron chi connectivity index (χ1n) is 8.19. The first kappa shape index (κ1) is 19.4. The summed E-state index contributed by atoms with van der Waals surface area (Å²) in [6.07, 6.45) is 1.80. The molecule has 0 saturated carbocycles. The number of halogens is 2. The second kappa shape index (κ2) is 9.02. The maximum Gasteiger partial charge on any atom is 0.199 e. The van der Waals surface area contributed by atoms with Gasteiger partial charge in [-0.1, -0.05) is 40.2 Å². The Morgan fingerprint density at radius 1 is 0.963 bits per heavy atom. The Morgan fingerprint density at radius 2 is 1.59 bits per heavy atom. The molecule has 0 aliphatic carbocycles. The van der Waals surface area contributed by atoms with Crippen LogP contribution in [-0.2, 0) is 5.75 Å². The molecule has 3 rings (SSSR count). The average molecular weight is 443 g/mol. The van der Waals surface area contributed by atoms with Crippen molar-refractivity contribution in [1.82, 2.24) is 0 Å². The fourth-order valence-electron chi connectivity index (χ4n) is 2.38. The van der Waals surface area contributed by atoms with Gasteiger partial charge in [0.15, 0.2) is 5.78 Å². The van der Waals surface area contributed by atoms with E-state index in [-0.39, 0.29) is 17.3 Å². The van der Waals surface area contributed by atoms with Crippen molar-refractivity contribution < 1.29 is 14.3 Å². The van der Waals surface area contributed by atoms with Gasteiger partial charge in [-0.2, -0.15) is 0 Å². The second-order valence-electron chi connectivity index (χ2n) is 5.85. The summed E-state index contributed by atoms with van der Waals surface area (Å²) in [7, 11) is 0. The van der Waals surface area contributed by atoms with Gasteiger partial charge in [-0.25, -0.2) is 4.39 Å². The van der Waals surface area contributed by atoms with Gasteiger partial charge < -0.3 is 5.11 Å². The van der Waals surface area contributed by atoms with E-state index in [1.54, 1.807) is 54.6 Å². The van der Waals surface area contributed by atoms with Crippen molar-refractivity contribution >= 4 is 39.6 Å². The smallest absolute Gasteiger partial charge is 0.199 e. The lowest BCUT2D eigenvalue weighted by Gasteiger charge is -2.08. The van der Waals surface area contributed by atoms with Crippen LogP contribution in [0.3, 0.4) is 0 Å². The Labute approximate surface area is 169 Å². The Hall–Kier alpha value is -2.37. The second-order valence-corrected chi connectivity index (χ2v) is 7.78. The third kappa shape index (κ3) is 5.55. The molecule has 0 spiro atoms. The number of benzene rings is 3. The highest BCUT2D eigenvalue weighted by atomic mass is 79.9. The molecule has 3 aromatic rings. The van der Waals surface area contributed by atoms with Gasteiger partial charge in [0.25, 0.3) is 0 Å². The highest BCUT2D eigenvalue weighted by Gasteiger charge is 2.14. The van der Waals surface area contributed by atoms with E-state index in [4.69, 9.17) is 0 Å². The first-order valence-corrected chi connectivity index (χ1v) is 9.97. The van der Waals surface area contributed by atoms with Crippen molar-refractivity contribution in [3.8, 4) is 5.75 Å². The molecule has 1 N–H and O–H groups in total. The fourth-order valence-corrected chi connectivity index (χ4v) is 3.63. The number of rotatable bonds is 6. The van der Waals surface area contributed by atoms with Crippen LogP contribution >= 0.6 is 27.7 Å². The van der Waals surface area contributed by atoms with Gasteiger partial charge in [0.05, 0.1) is 4.91 Å². The van der Waals surface area contributed by atoms with Crippen LogP contribution in [0.1, 0.15) is 21.5 Å². The summed E-state index contributed by atoms with van der Waals surface area (Å²) in [5, 5.41) is 9.45. The Morgan fingerprint density at radius 3 is 2.22 bits per heavy atom. The van der Waals surface area contributed by atoms with Crippen LogP contribution in [0.4, 0.5) is 4.39 Å². The summed E-state index contributed by atoms with van der Waals surface area (Å²) in [5.74, 6) is 0.357. The van der Waals surface area contributed by atoms with E-state index in [2.05, 4.69) is 15.9 Å². The average Bonchev–Trinajstić information content (AvgIpc) is 2.68. The van der Waals surface area contributed by atoms with Gasteiger partial charge in [0, 0.05) is 15.8 Å². The van der Waals surface area contributed by atoms with Gasteiger partial charge >= 0.3 is 0 Å². The minimum atomic E-state index is -0.283. The molecular formula is C22H16BrFO2S. The van der Waals surface area contributed by atoms with E-state index in [0.717, 1.165) is 15.6 Å². The number of thioether (sulfide) groups is 1. The first-order chi connectivity index (χ1) is 13.0. The maximum atomic E-state index is 13.1. The molecule has 0 saturated heterocycles. The van der Waals surface area contributed by atoms with E-state index in [1.165, 1.54) is 23.9 Å². The zero-order valence-electron chi connectivity index (χ0n) is 14.2. The van der Waals surface area contributed by atoms with E-state index in [0.29, 0.717) is 16.2 Å². The lowest BCUT2D eigenvalue weighted by molar-refractivity contribution is 0.104. The quantitative estimate of drug-likeness (QED) is 0.351. The lowest BCUT2D eigenvalue weighted by Crippen LogP contribution is -2.01. The Kier molecular flexibility index (Phi) is 6.48. The van der Waals surface area contributed by atoms with Crippen LogP contribution in [0.2, 0.25) is 0 Å². The Balaban J connectivity index is 1.87. The van der Waals surface area contributed by atoms with Crippen LogP contribution in [0, 0.1) is 5.82 Å². The zero-order valence-corrected chi connectivity index (χ0v) is 16.6. The maximum absolute atomic E-state index is 13.1. The number of carbonyl (C=O) groups excluding carboxylic acids is 1. The number of Topliss-reactive ketones (excluding diaryl/α,β-unsaturated/α-hetero) is 1. The SMILES string of the molecule is O=C(/C(=C\c1ccc(O)cc1)SCc1ccc(F)cc1)c1ccc(Br)cc1. The molecule has 136 valence electrons. The van der Waals surface area contributed by atoms with Crippen molar-refractivity contribution in [1.29, 1.82) is 0 Å². The number of phenolic OH excluding ortho intramolecular Hbond substituents is 1. The number of ketones is 1. The summed E-state index contributed by atoms with van der Waals surface area (Å²) < 4.78 is 14.0. The zero-order chi connectivity index (χ0) is 19.2. The molecule has 5 heteroatoms. The van der Waals surface area contributed by atoms with Crippen LogP contribution in [0.25, 0.3) is 6.08 Å². The van der Waals surface area contributed by atoms with Crippen LogP contribution in [-0.4, -0.2) is 10.9 Å². The summed E-state index contributed by atoms with van der Waals surface area (Å²) in [5.41, 5.74) is 2.34. The van der Waals surface area contributed by atoms with Crippen LogP contribution < -0.4 is 0 Å². The van der Waals surface area contributed by atoms with Crippen molar-refractivity contribution in [3.63, 3.8) is 0 Å². The molecular weight excluding hydrogens is 427 g/mol. The molecule has 2 nitrogen and oxygen atoms in total. The monoisotopic (exact) mass is 442 g/mol. The predicted molar refractivity (Wildman–Crippen MR) is 112 cm³/mol. The van der Waals surface area contributed by atoms with Gasteiger partial charge in [0.2, 0.25) is 0 Å². The molecule has 0 fully saturated rings. The summed E-state index contributed by atoms with van der Waals surface area (Å²) in [6, 6.07) is 20.1. The number of aromatic hydroxyl groups is 1. The van der Waals surface area contributed by atoms with Crippen molar-refractivity contribution in [3.05, 3.63) is 105 Å². The molecule has 0 bridgehead atoms. The fraction of sp³-hybridized carbons (Fsp3) is 0.0455. The minimum Gasteiger partial charge on any atom is -0.508 e. The topological polar surface area (TPSA) is 37.3 Å². The van der Waals surface area contributed by atoms with Crippen molar-refractivity contribution in [2.75, 3.05) is 0 Å². The van der Waals surface area contributed by atoms with Gasteiger partial charge in [-0.3, -0.25) is 4.79 Å². The van der Waals surface area contributed by atoms with Gasteiger partial charge in [-0.05, 0) is 65.7 Å². The van der Waals surface area contributed by atoms with Crippen LogP contribution in [0.5, 0.6) is 5.75 Å². The number of allylic oxidation sites excluding steroid dienone is 1. The molecule has 0 radical (unpaired) electrons. The molecule has 0 aliphatic rings. The molecule has 0 unspecified atom stereocenters. The molecule has 27 heavy (non-hydrogen) atoms. The van der Waals surface area contributed by atoms with Crippen molar-refractivity contribution in [2.24, 2.45) is 0 Å². The highest BCUT2D eigenvalue weighted by Crippen LogP contribution is 2.28. The Bertz CT molecular complexity index is 949. The third-order valence-electron chi connectivity index (χ3n) is 3.83. The molecule has 3 aromatic carbocycles. The standard InChI is InChI=1S/C22H16BrFO2S/c23-18-7-5-17(6-8-18)22(26)21(13-15-3-11-20(25)12-4-15)27-14-16-1-9-19(24)10-2-16/h1-13,25H,14H2/b21-13+. The predicted octanol–water partition coefficient (Wildman–Crippen LogP) is 6.45. The molecule has 0 amide bonds. The third-order valence-corrected chi connectivity index (χ3v) is 5.45. The minimum absolute atomic E-state index is 0.0808. The molecule has 0 atom stereocenters. The van der Waals surface area contributed by atoms with E-state index in [9.17, 15) is 14.3 Å². The summed E-state index contributed by atoms with van der Waals surface area (Å²) in [6.45, 7) is 0. The van der Waals surface area contributed by atoms with E-state index < -0.39 is 0 Å². The van der Waals surface area contributed by atoms with Gasteiger partial charge in [-0.15, -0.1) is 11.8 Å². The summed E-state index contributed by atoms with van der Waals surface area (Å²) >= 11 is 4.78. The number of carbonyl (C=O) groups is 1. The van der Waals surface area contributed by atoms with Gasteiger partial charge in [0.1, 0.15) is 11.6 Å². The van der Waals surface area contributed by atoms with E-state index in [1.807, 2.05) is 12.1 Å². The molecule has 0 aromatic heterocycles. The number of phenols is 1.